The van der Waals surface area contributed by atoms with Crippen LogP contribution in [0.2, 0.25) is 0 Å². The molecule has 3 aliphatic heterocycles. The van der Waals surface area contributed by atoms with Crippen molar-refractivity contribution in [3.05, 3.63) is 35.4 Å². The van der Waals surface area contributed by atoms with E-state index in [0.717, 1.165) is 18.5 Å². The van der Waals surface area contributed by atoms with E-state index in [4.69, 9.17) is 0 Å². The van der Waals surface area contributed by atoms with Gasteiger partial charge in [-0.3, -0.25) is 9.80 Å². The Morgan fingerprint density at radius 2 is 2.00 bits per heavy atom. The Labute approximate surface area is 128 Å². The standard InChI is InChI=1S/C18H27N3/c1-2-19-17(18-13-20-7-9-21(18)10-8-20)12-15-11-14-5-3-4-6-16(14)15/h3-6,15,17-19H,2,7-13H2,1H3. The van der Waals surface area contributed by atoms with Gasteiger partial charge in [0.2, 0.25) is 0 Å². The van der Waals surface area contributed by atoms with Crippen LogP contribution in [-0.4, -0.2) is 61.2 Å². The molecular weight excluding hydrogens is 258 g/mol. The third-order valence-corrected chi connectivity index (χ3v) is 5.75. The van der Waals surface area contributed by atoms with Gasteiger partial charge in [-0.25, -0.2) is 0 Å². The number of hydrogen-bond donors (Lipinski definition) is 1. The van der Waals surface area contributed by atoms with Crippen LogP contribution >= 0.6 is 0 Å². The lowest BCUT2D eigenvalue weighted by Gasteiger charge is -2.51. The number of benzene rings is 1. The van der Waals surface area contributed by atoms with Crippen LogP contribution < -0.4 is 5.32 Å². The van der Waals surface area contributed by atoms with Gasteiger partial charge in [0.05, 0.1) is 0 Å². The van der Waals surface area contributed by atoms with E-state index < -0.39 is 0 Å². The first kappa shape index (κ1) is 13.7. The lowest BCUT2D eigenvalue weighted by Crippen LogP contribution is -2.66. The average Bonchev–Trinajstić information content (AvgIpc) is 2.52. The smallest absolute Gasteiger partial charge is 0.0377 e. The Hall–Kier alpha value is -0.900. The highest BCUT2D eigenvalue weighted by atomic mass is 15.4. The zero-order valence-corrected chi connectivity index (χ0v) is 13.1. The molecule has 0 aromatic heterocycles. The molecule has 3 nitrogen and oxygen atoms in total. The summed E-state index contributed by atoms with van der Waals surface area (Å²) in [6.45, 7) is 9.71. The van der Waals surface area contributed by atoms with E-state index in [9.17, 15) is 0 Å². The molecule has 1 aromatic rings. The molecule has 2 bridgehead atoms. The fourth-order valence-corrected chi connectivity index (χ4v) is 4.56. The third-order valence-electron chi connectivity index (χ3n) is 5.75. The Balaban J connectivity index is 1.46. The van der Waals surface area contributed by atoms with Gasteiger partial charge in [0.1, 0.15) is 0 Å². The normalized spacial score (nSPS) is 35.1. The molecule has 0 spiro atoms. The third kappa shape index (κ3) is 2.52. The van der Waals surface area contributed by atoms with Crippen molar-refractivity contribution in [1.29, 1.82) is 0 Å². The molecule has 3 atom stereocenters. The average molecular weight is 285 g/mol. The SMILES string of the molecule is CCNC(CC1Cc2ccccc21)C1CN2CCN1CC2. The fraction of sp³-hybridized carbons (Fsp3) is 0.667. The second-order valence-electron chi connectivity index (χ2n) is 6.90. The summed E-state index contributed by atoms with van der Waals surface area (Å²) in [7, 11) is 0. The van der Waals surface area contributed by atoms with E-state index in [1.54, 1.807) is 11.1 Å². The monoisotopic (exact) mass is 285 g/mol. The van der Waals surface area contributed by atoms with Crippen molar-refractivity contribution in [3.63, 3.8) is 0 Å². The van der Waals surface area contributed by atoms with Gasteiger partial charge in [-0.05, 0) is 36.4 Å². The minimum Gasteiger partial charge on any atom is -0.313 e. The first-order valence-corrected chi connectivity index (χ1v) is 8.62. The van der Waals surface area contributed by atoms with E-state index in [2.05, 4.69) is 46.3 Å². The second kappa shape index (κ2) is 5.71. The van der Waals surface area contributed by atoms with E-state index in [1.165, 1.54) is 45.6 Å². The largest absolute Gasteiger partial charge is 0.313 e. The van der Waals surface area contributed by atoms with Crippen LogP contribution in [0.25, 0.3) is 0 Å². The Morgan fingerprint density at radius 3 is 2.67 bits per heavy atom. The second-order valence-corrected chi connectivity index (χ2v) is 6.90. The van der Waals surface area contributed by atoms with Gasteiger partial charge in [0.25, 0.3) is 0 Å². The Kier molecular flexibility index (Phi) is 3.74. The number of hydrogen-bond acceptors (Lipinski definition) is 3. The molecule has 1 aliphatic carbocycles. The van der Waals surface area contributed by atoms with Gasteiger partial charge in [0, 0.05) is 44.8 Å². The van der Waals surface area contributed by atoms with Gasteiger partial charge in [0.15, 0.2) is 0 Å². The molecule has 5 rings (SSSR count). The fourth-order valence-electron chi connectivity index (χ4n) is 4.56. The summed E-state index contributed by atoms with van der Waals surface area (Å²) in [5, 5.41) is 3.80. The van der Waals surface area contributed by atoms with Crippen molar-refractivity contribution in [2.45, 2.75) is 37.8 Å². The summed E-state index contributed by atoms with van der Waals surface area (Å²) in [6, 6.07) is 10.4. The zero-order chi connectivity index (χ0) is 14.2. The highest BCUT2D eigenvalue weighted by molar-refractivity contribution is 5.40. The van der Waals surface area contributed by atoms with Crippen molar-refractivity contribution in [1.82, 2.24) is 15.1 Å². The van der Waals surface area contributed by atoms with Crippen molar-refractivity contribution in [2.24, 2.45) is 0 Å². The molecule has 3 unspecified atom stereocenters. The minimum atomic E-state index is 0.649. The summed E-state index contributed by atoms with van der Waals surface area (Å²) < 4.78 is 0. The molecule has 21 heavy (non-hydrogen) atoms. The minimum absolute atomic E-state index is 0.649. The molecule has 4 aliphatic rings. The van der Waals surface area contributed by atoms with Crippen LogP contribution in [0, 0.1) is 0 Å². The molecule has 3 heterocycles. The summed E-state index contributed by atoms with van der Waals surface area (Å²) in [5.74, 6) is 0.780. The summed E-state index contributed by atoms with van der Waals surface area (Å²) in [5.41, 5.74) is 3.18. The van der Waals surface area contributed by atoms with E-state index >= 15 is 0 Å². The number of nitrogens with one attached hydrogen (secondary N) is 1. The van der Waals surface area contributed by atoms with Crippen LogP contribution in [0.1, 0.15) is 30.4 Å². The summed E-state index contributed by atoms with van der Waals surface area (Å²) >= 11 is 0. The van der Waals surface area contributed by atoms with Gasteiger partial charge < -0.3 is 5.32 Å². The number of fused-ring (bicyclic) bond motifs is 4. The molecule has 0 saturated carbocycles. The number of nitrogens with zero attached hydrogens (tertiary/aromatic N) is 2. The molecular formula is C18H27N3. The number of rotatable bonds is 5. The first-order chi connectivity index (χ1) is 10.3. The molecule has 1 N–H and O–H groups in total. The molecule has 0 amide bonds. The van der Waals surface area contributed by atoms with Gasteiger partial charge in [-0.15, -0.1) is 0 Å². The molecule has 3 fully saturated rings. The highest BCUT2D eigenvalue weighted by Gasteiger charge is 2.38. The molecule has 0 radical (unpaired) electrons. The maximum atomic E-state index is 3.80. The lowest BCUT2D eigenvalue weighted by atomic mass is 9.73. The molecule has 1 aromatic carbocycles. The molecule has 114 valence electrons. The van der Waals surface area contributed by atoms with Crippen molar-refractivity contribution in [3.8, 4) is 0 Å². The number of piperazine rings is 3. The summed E-state index contributed by atoms with van der Waals surface area (Å²) in [6.07, 6.45) is 2.59. The highest BCUT2D eigenvalue weighted by Crippen LogP contribution is 2.39. The van der Waals surface area contributed by atoms with E-state index in [0.29, 0.717) is 6.04 Å². The topological polar surface area (TPSA) is 18.5 Å². The van der Waals surface area contributed by atoms with Crippen LogP contribution in [0.5, 0.6) is 0 Å². The van der Waals surface area contributed by atoms with E-state index in [1.807, 2.05) is 0 Å². The Morgan fingerprint density at radius 1 is 1.19 bits per heavy atom. The van der Waals surface area contributed by atoms with Crippen molar-refractivity contribution in [2.75, 3.05) is 39.3 Å². The predicted molar refractivity (Wildman–Crippen MR) is 86.8 cm³/mol. The van der Waals surface area contributed by atoms with Crippen LogP contribution in [0.4, 0.5) is 0 Å². The predicted octanol–water partition coefficient (Wildman–Crippen LogP) is 1.69. The lowest BCUT2D eigenvalue weighted by molar-refractivity contribution is -0.00558. The van der Waals surface area contributed by atoms with Crippen molar-refractivity contribution >= 4 is 0 Å². The maximum absolute atomic E-state index is 3.80. The molecule has 3 heteroatoms. The van der Waals surface area contributed by atoms with Gasteiger partial charge in [-0.1, -0.05) is 31.2 Å². The van der Waals surface area contributed by atoms with Crippen LogP contribution in [0.3, 0.4) is 0 Å². The number of likely N-dealkylation sites (N-methyl/N-ethyl adjacent to an activating group) is 1. The molecule has 3 saturated heterocycles. The maximum Gasteiger partial charge on any atom is 0.0377 e. The van der Waals surface area contributed by atoms with Crippen LogP contribution in [0.15, 0.2) is 24.3 Å². The zero-order valence-electron chi connectivity index (χ0n) is 13.1. The van der Waals surface area contributed by atoms with Crippen LogP contribution in [-0.2, 0) is 6.42 Å². The summed E-state index contributed by atoms with van der Waals surface area (Å²) in [4.78, 5) is 5.39. The van der Waals surface area contributed by atoms with Gasteiger partial charge in [-0.2, -0.15) is 0 Å². The Bertz CT molecular complexity index is 493. The van der Waals surface area contributed by atoms with Crippen molar-refractivity contribution < 1.29 is 0 Å². The van der Waals surface area contributed by atoms with Gasteiger partial charge >= 0.3 is 0 Å². The first-order valence-electron chi connectivity index (χ1n) is 8.62. The van der Waals surface area contributed by atoms with E-state index in [-0.39, 0.29) is 0 Å². The quantitative estimate of drug-likeness (QED) is 0.888.